The molecule has 37 heavy (non-hydrogen) atoms. The highest BCUT2D eigenvalue weighted by molar-refractivity contribution is 6.22. The molecule has 1 aromatic rings. The summed E-state index contributed by atoms with van der Waals surface area (Å²) < 4.78 is 0. The van der Waals surface area contributed by atoms with Crippen molar-refractivity contribution in [2.24, 2.45) is 22.7 Å². The average Bonchev–Trinajstić information content (AvgIpc) is 2.82. The van der Waals surface area contributed by atoms with Crippen molar-refractivity contribution in [3.05, 3.63) is 39.0 Å². The van der Waals surface area contributed by atoms with E-state index in [0.717, 1.165) is 0 Å². The molecule has 4 atom stereocenters. The Morgan fingerprint density at radius 3 is 2.54 bits per heavy atom. The lowest BCUT2D eigenvalue weighted by atomic mass is 9.59. The first-order valence-electron chi connectivity index (χ1n) is 11.5. The van der Waals surface area contributed by atoms with Crippen LogP contribution < -0.4 is 16.0 Å². The molecule has 1 fully saturated rings. The maximum Gasteiger partial charge on any atom is 0.255 e. The van der Waals surface area contributed by atoms with Crippen LogP contribution in [0.4, 0.5) is 11.4 Å². The number of carbonyl (C=O) groups is 3. The quantitative estimate of drug-likeness (QED) is 0.128. The second-order valence-electron chi connectivity index (χ2n) is 9.74. The molecular weight excluding hydrogens is 508 g/mol. The van der Waals surface area contributed by atoms with Gasteiger partial charge in [0.1, 0.15) is 28.9 Å². The fourth-order valence-corrected chi connectivity index (χ4v) is 5.72. The van der Waals surface area contributed by atoms with Crippen LogP contribution >= 0.6 is 11.6 Å². The smallest absolute Gasteiger partial charge is 0.255 e. The van der Waals surface area contributed by atoms with Crippen LogP contribution in [0.5, 0.6) is 5.75 Å². The summed E-state index contributed by atoms with van der Waals surface area (Å²) in [5.41, 5.74) is 2.72. The zero-order chi connectivity index (χ0) is 27.4. The van der Waals surface area contributed by atoms with E-state index in [0.29, 0.717) is 11.3 Å². The molecule has 7 N–H and O–H groups in total. The van der Waals surface area contributed by atoms with E-state index >= 15 is 0 Å². The Morgan fingerprint density at radius 1 is 1.30 bits per heavy atom. The van der Waals surface area contributed by atoms with E-state index in [4.69, 9.17) is 17.3 Å². The molecular formula is C24H27ClN4O8. The van der Waals surface area contributed by atoms with Gasteiger partial charge in [-0.15, -0.1) is 11.6 Å². The van der Waals surface area contributed by atoms with Gasteiger partial charge in [0.2, 0.25) is 5.78 Å². The third kappa shape index (κ3) is 3.91. The highest BCUT2D eigenvalue weighted by atomic mass is 35.5. The minimum Gasteiger partial charge on any atom is -0.508 e. The number of anilines is 2. The highest BCUT2D eigenvalue weighted by Crippen LogP contribution is 2.54. The predicted octanol–water partition coefficient (Wildman–Crippen LogP) is 1.28. The van der Waals surface area contributed by atoms with Crippen molar-refractivity contribution in [2.75, 3.05) is 36.7 Å². The first-order valence-corrected chi connectivity index (χ1v) is 12.1. The predicted molar refractivity (Wildman–Crippen MR) is 135 cm³/mol. The zero-order valence-electron chi connectivity index (χ0n) is 20.1. The van der Waals surface area contributed by atoms with Crippen LogP contribution in [0.1, 0.15) is 24.0 Å². The number of nitrogens with two attached hydrogens (primary N) is 1. The van der Waals surface area contributed by atoms with Gasteiger partial charge in [-0.25, -0.2) is 0 Å². The molecule has 13 heteroatoms. The molecule has 1 unspecified atom stereocenters. The molecule has 0 radical (unpaired) electrons. The van der Waals surface area contributed by atoms with Gasteiger partial charge in [-0.2, -0.15) is 4.91 Å². The first-order chi connectivity index (χ1) is 17.4. The Labute approximate surface area is 216 Å². The number of nitrogens with zero attached hydrogens (tertiary/aromatic N) is 2. The molecule has 1 aromatic carbocycles. The molecule has 1 amide bonds. The molecule has 3 aliphatic rings. The van der Waals surface area contributed by atoms with E-state index in [1.54, 1.807) is 25.1 Å². The summed E-state index contributed by atoms with van der Waals surface area (Å²) in [7, 11) is 3.50. The van der Waals surface area contributed by atoms with Crippen LogP contribution in [0.15, 0.2) is 28.1 Å². The standard InChI is InChI=1S/C24H27ClN4O8/c1-29(2)14-6-13(27-8-11(7-25)28-37)19(31)17-12(14)4-9-3-10-5-15(30)18(23(26)35)22(34)24(10,36)21(33)16(9)20(17)32/h6,9-11,27,31-32,34,36H,3-5,7-8H2,1-2H3,(H2,26,35)/t9-,10+,11?,24+/m1/s1. The van der Waals surface area contributed by atoms with Crippen LogP contribution in [0.2, 0.25) is 0 Å². The third-order valence-electron chi connectivity index (χ3n) is 7.38. The number of carbonyl (C=O) groups excluding carboxylic acids is 3. The Hall–Kier alpha value is -3.64. The summed E-state index contributed by atoms with van der Waals surface area (Å²) in [5.74, 6) is -6.99. The number of amides is 1. The van der Waals surface area contributed by atoms with E-state index < -0.39 is 63.8 Å². The molecule has 3 aliphatic carbocycles. The van der Waals surface area contributed by atoms with Crippen molar-refractivity contribution >= 4 is 46.2 Å². The number of benzene rings is 1. The fourth-order valence-electron chi connectivity index (χ4n) is 5.55. The number of aliphatic hydroxyl groups is 3. The normalized spacial score (nSPS) is 25.7. The van der Waals surface area contributed by atoms with Crippen molar-refractivity contribution in [3.8, 4) is 5.75 Å². The topological polar surface area (TPSA) is 203 Å². The van der Waals surface area contributed by atoms with Crippen molar-refractivity contribution in [1.29, 1.82) is 0 Å². The number of aliphatic hydroxyl groups excluding tert-OH is 2. The van der Waals surface area contributed by atoms with Gasteiger partial charge in [0, 0.05) is 50.1 Å². The minimum atomic E-state index is -2.63. The van der Waals surface area contributed by atoms with Crippen LogP contribution in [-0.4, -0.2) is 76.1 Å². The van der Waals surface area contributed by atoms with E-state index in [-0.39, 0.29) is 48.5 Å². The molecule has 0 aliphatic heterocycles. The Morgan fingerprint density at radius 2 is 1.97 bits per heavy atom. The van der Waals surface area contributed by atoms with Crippen molar-refractivity contribution in [1.82, 2.24) is 0 Å². The van der Waals surface area contributed by atoms with Gasteiger partial charge in [-0.1, -0.05) is 5.18 Å². The van der Waals surface area contributed by atoms with E-state index in [2.05, 4.69) is 10.5 Å². The second-order valence-corrected chi connectivity index (χ2v) is 10.0. The maximum atomic E-state index is 13.6. The Balaban J connectivity index is 1.89. The number of nitroso groups, excluding NO2 is 1. The van der Waals surface area contributed by atoms with Crippen LogP contribution in [0, 0.1) is 16.7 Å². The number of fused-ring (bicyclic) bond motifs is 3. The zero-order valence-corrected chi connectivity index (χ0v) is 20.9. The number of alkyl halides is 1. The summed E-state index contributed by atoms with van der Waals surface area (Å²) in [4.78, 5) is 50.5. The number of nitrogens with one attached hydrogen (secondary N) is 1. The minimum absolute atomic E-state index is 0.00484. The molecule has 1 saturated carbocycles. The maximum absolute atomic E-state index is 13.6. The molecule has 198 valence electrons. The van der Waals surface area contributed by atoms with Gasteiger partial charge in [-0.05, 0) is 30.4 Å². The summed E-state index contributed by atoms with van der Waals surface area (Å²) in [6.45, 7) is -0.00484. The number of primary amides is 1. The van der Waals surface area contributed by atoms with Crippen LogP contribution in [0.3, 0.4) is 0 Å². The number of Topliss-reactive ketones (excluding diaryl/α,β-unsaturated/α-hetero) is 2. The largest absolute Gasteiger partial charge is 0.508 e. The molecule has 0 heterocycles. The lowest BCUT2D eigenvalue weighted by Crippen LogP contribution is -2.58. The summed E-state index contributed by atoms with van der Waals surface area (Å²) in [5, 5.41) is 50.2. The average molecular weight is 535 g/mol. The lowest BCUT2D eigenvalue weighted by molar-refractivity contribution is -0.147. The van der Waals surface area contributed by atoms with Crippen molar-refractivity contribution in [3.63, 3.8) is 0 Å². The van der Waals surface area contributed by atoms with Gasteiger partial charge < -0.3 is 36.4 Å². The first kappa shape index (κ1) is 26.4. The Bertz CT molecular complexity index is 1290. The van der Waals surface area contributed by atoms with E-state index in [9.17, 15) is 39.7 Å². The summed E-state index contributed by atoms with van der Waals surface area (Å²) >= 11 is 5.72. The third-order valence-corrected chi connectivity index (χ3v) is 7.73. The van der Waals surface area contributed by atoms with Gasteiger partial charge in [0.25, 0.3) is 5.91 Å². The number of hydrogen-bond acceptors (Lipinski definition) is 11. The number of rotatable bonds is 7. The van der Waals surface area contributed by atoms with Crippen LogP contribution in [-0.2, 0) is 20.8 Å². The van der Waals surface area contributed by atoms with E-state index in [1.807, 2.05) is 0 Å². The van der Waals surface area contributed by atoms with Gasteiger partial charge in [0.15, 0.2) is 11.4 Å². The number of ketones is 2. The Kier molecular flexibility index (Phi) is 6.67. The monoisotopic (exact) mass is 534 g/mol. The SMILES string of the molecule is CN(C)c1cc(NCC(CCl)N=O)c(O)c2c1C[C@H]1C[C@H]3CC(=O)C(C(N)=O)=C(O)[C@@]3(O)C(=O)C1=C2O. The molecule has 0 spiro atoms. The highest BCUT2D eigenvalue weighted by Gasteiger charge is 2.60. The number of phenolic OH excluding ortho intramolecular Hbond substituents is 1. The van der Waals surface area contributed by atoms with Gasteiger partial charge >= 0.3 is 0 Å². The summed E-state index contributed by atoms with van der Waals surface area (Å²) in [6.07, 6.45) is -0.169. The van der Waals surface area contributed by atoms with E-state index in [1.165, 1.54) is 0 Å². The van der Waals surface area contributed by atoms with Crippen molar-refractivity contribution < 1.29 is 34.8 Å². The lowest BCUT2D eigenvalue weighted by Gasteiger charge is -2.46. The van der Waals surface area contributed by atoms with Crippen molar-refractivity contribution in [2.45, 2.75) is 30.9 Å². The molecule has 0 aromatic heterocycles. The molecule has 0 saturated heterocycles. The number of aromatic hydroxyl groups is 1. The van der Waals surface area contributed by atoms with Crippen LogP contribution in [0.25, 0.3) is 5.76 Å². The molecule has 4 rings (SSSR count). The second kappa shape index (κ2) is 9.34. The van der Waals surface area contributed by atoms with Gasteiger partial charge in [0.05, 0.1) is 11.3 Å². The number of hydrogen-bond donors (Lipinski definition) is 6. The molecule has 0 bridgehead atoms. The fraction of sp³-hybridized carbons (Fsp3) is 0.458. The number of phenols is 1. The summed E-state index contributed by atoms with van der Waals surface area (Å²) in [6, 6.07) is 0.840. The van der Waals surface area contributed by atoms with Gasteiger partial charge in [-0.3, -0.25) is 14.4 Å². The number of halogens is 1. The molecule has 12 nitrogen and oxygen atoms in total.